The van der Waals surface area contributed by atoms with Crippen LogP contribution in [0, 0.1) is 0 Å². The van der Waals surface area contributed by atoms with Crippen LogP contribution in [0.4, 0.5) is 16.2 Å². The van der Waals surface area contributed by atoms with Crippen LogP contribution in [-0.2, 0) is 42.9 Å². The molecule has 15 nitrogen and oxygen atoms in total. The fourth-order valence-corrected chi connectivity index (χ4v) is 5.64. The molecule has 0 aliphatic heterocycles. The molecule has 0 radical (unpaired) electrons. The van der Waals surface area contributed by atoms with Gasteiger partial charge in [0.15, 0.2) is 1.41 Å². The number of benzene rings is 2. The van der Waals surface area contributed by atoms with E-state index >= 15 is 0 Å². The first kappa shape index (κ1) is 40.2. The topological polar surface area (TPSA) is 206 Å². The number of nitrogens with two attached hydrogens (primary N) is 1. The molecule has 0 heterocycles. The van der Waals surface area contributed by atoms with Crippen molar-refractivity contribution in [2.24, 2.45) is 5.73 Å². The SMILES string of the molecule is [2H]NC(=O)OCC1c2cc(NC(=O)CCCC(=O)NCCOCCCOC)ccc2-c2ccc(NC(=O)CCCC(=O)NCCOCCCOC)cc21. The fourth-order valence-electron chi connectivity index (χ4n) is 5.64. The smallest absolute Gasteiger partial charge is 0.404 e. The predicted octanol–water partition coefficient (Wildman–Crippen LogP) is 3.45. The minimum absolute atomic E-state index is 0.0832. The lowest BCUT2D eigenvalue weighted by atomic mass is 9.97. The molecule has 1 aliphatic carbocycles. The molecule has 2 aromatic carbocycles. The lowest BCUT2D eigenvalue weighted by Crippen LogP contribution is -2.27. The molecular weight excluding hydrogens is 674 g/mol. The van der Waals surface area contributed by atoms with Gasteiger partial charge in [-0.3, -0.25) is 19.2 Å². The molecule has 0 bridgehead atoms. The number of ether oxygens (including phenoxy) is 5. The number of rotatable bonds is 26. The Balaban J connectivity index is 1.50. The molecule has 0 aromatic heterocycles. The van der Waals surface area contributed by atoms with Crippen molar-refractivity contribution in [3.05, 3.63) is 47.5 Å². The molecule has 0 spiro atoms. The second-order valence-electron chi connectivity index (χ2n) is 12.2. The number of primary amides is 1. The van der Waals surface area contributed by atoms with Crippen LogP contribution in [0.1, 0.15) is 68.4 Å². The van der Waals surface area contributed by atoms with Crippen molar-refractivity contribution in [2.75, 3.05) is 84.2 Å². The molecule has 0 atom stereocenters. The maximum absolute atomic E-state index is 12.8. The van der Waals surface area contributed by atoms with Crippen LogP contribution >= 0.6 is 0 Å². The molecule has 1 aliphatic rings. The molecule has 2 aromatic rings. The maximum Gasteiger partial charge on any atom is 0.404 e. The van der Waals surface area contributed by atoms with Crippen molar-refractivity contribution in [2.45, 2.75) is 57.3 Å². The van der Waals surface area contributed by atoms with Gasteiger partial charge in [-0.15, -0.1) is 0 Å². The van der Waals surface area contributed by atoms with Gasteiger partial charge in [0.2, 0.25) is 23.6 Å². The molecule has 52 heavy (non-hydrogen) atoms. The van der Waals surface area contributed by atoms with Crippen molar-refractivity contribution in [1.29, 1.82) is 0 Å². The number of hydrogen-bond acceptors (Lipinski definition) is 10. The average molecular weight is 729 g/mol. The average Bonchev–Trinajstić information content (AvgIpc) is 3.44. The second kappa shape index (κ2) is 23.8. The minimum Gasteiger partial charge on any atom is -0.449 e. The normalized spacial score (nSPS) is 11.9. The van der Waals surface area contributed by atoms with Crippen molar-refractivity contribution >= 4 is 41.1 Å². The number of carbonyl (C=O) groups excluding carboxylic acids is 5. The lowest BCUT2D eigenvalue weighted by Gasteiger charge is -2.15. The number of hydrogen-bond donors (Lipinski definition) is 5. The molecule has 0 unspecified atom stereocenters. The third kappa shape index (κ3) is 15.4. The van der Waals surface area contributed by atoms with E-state index in [0.29, 0.717) is 76.9 Å². The lowest BCUT2D eigenvalue weighted by molar-refractivity contribution is -0.122. The maximum atomic E-state index is 12.8. The van der Waals surface area contributed by atoms with Crippen molar-refractivity contribution in [3.63, 3.8) is 0 Å². The number of nitrogens with one attached hydrogen (secondary N) is 4. The first-order valence-corrected chi connectivity index (χ1v) is 17.6. The van der Waals surface area contributed by atoms with Gasteiger partial charge in [-0.05, 0) is 72.2 Å². The third-order valence-electron chi connectivity index (χ3n) is 8.12. The van der Waals surface area contributed by atoms with Crippen LogP contribution in [0.25, 0.3) is 11.1 Å². The zero-order valence-electron chi connectivity index (χ0n) is 31.1. The van der Waals surface area contributed by atoms with Gasteiger partial charge in [0.1, 0.15) is 6.61 Å². The Morgan fingerprint density at radius 1 is 0.635 bits per heavy atom. The van der Waals surface area contributed by atoms with Gasteiger partial charge in [-0.1, -0.05) is 12.1 Å². The van der Waals surface area contributed by atoms with Gasteiger partial charge in [0, 0.05) is 96.7 Å². The molecule has 6 N–H and O–H groups in total. The zero-order valence-corrected chi connectivity index (χ0v) is 30.1. The summed E-state index contributed by atoms with van der Waals surface area (Å²) < 4.78 is 33.2. The van der Waals surface area contributed by atoms with Gasteiger partial charge in [-0.25, -0.2) is 4.79 Å². The summed E-state index contributed by atoms with van der Waals surface area (Å²) in [4.78, 5) is 61.6. The first-order valence-electron chi connectivity index (χ1n) is 18.1. The molecule has 5 amide bonds. The van der Waals surface area contributed by atoms with Crippen LogP contribution in [0.5, 0.6) is 0 Å². The summed E-state index contributed by atoms with van der Waals surface area (Å²) in [5.41, 5.74) is 6.14. The molecule has 286 valence electrons. The van der Waals surface area contributed by atoms with E-state index in [1.807, 2.05) is 24.3 Å². The van der Waals surface area contributed by atoms with Crippen LogP contribution in [0.3, 0.4) is 0 Å². The van der Waals surface area contributed by atoms with E-state index in [0.717, 1.165) is 35.1 Å². The van der Waals surface area contributed by atoms with Crippen molar-refractivity contribution in [1.82, 2.24) is 10.6 Å². The third-order valence-corrected chi connectivity index (χ3v) is 8.12. The highest BCUT2D eigenvalue weighted by molar-refractivity contribution is 5.94. The number of amides is 5. The number of methoxy groups -OCH3 is 2. The highest BCUT2D eigenvalue weighted by Gasteiger charge is 2.30. The molecule has 15 heteroatoms. The summed E-state index contributed by atoms with van der Waals surface area (Å²) in [6.45, 7) is 3.88. The number of carbonyl (C=O) groups is 5. The van der Waals surface area contributed by atoms with Gasteiger partial charge >= 0.3 is 6.09 Å². The Kier molecular flexibility index (Phi) is 18.4. The summed E-state index contributed by atoms with van der Waals surface area (Å²) in [5, 5.41) is 11.3. The van der Waals surface area contributed by atoms with Gasteiger partial charge in [0.25, 0.3) is 0 Å². The van der Waals surface area contributed by atoms with E-state index in [4.69, 9.17) is 25.1 Å². The minimum atomic E-state index is -0.911. The first-order chi connectivity index (χ1) is 25.7. The summed E-state index contributed by atoms with van der Waals surface area (Å²) >= 11 is 0. The van der Waals surface area contributed by atoms with E-state index in [1.165, 1.54) is 0 Å². The number of anilines is 2. The van der Waals surface area contributed by atoms with Crippen LogP contribution < -0.4 is 27.0 Å². The molecular formula is C37H53N5O10. The summed E-state index contributed by atoms with van der Waals surface area (Å²) in [6, 6.07) is 10.9. The Hall–Kier alpha value is -4.57. The number of fused-ring (bicyclic) bond motifs is 3. The quantitative estimate of drug-likeness (QED) is 0.0893. The van der Waals surface area contributed by atoms with Gasteiger partial charge in [0.05, 0.1) is 13.2 Å². The highest BCUT2D eigenvalue weighted by Crippen LogP contribution is 2.46. The standard InChI is InChI=1S/C37H53N5O10/c1-48-17-5-19-50-21-15-39-33(43)7-3-9-35(45)41-26-11-13-28-29-14-12-27(24-31(29)32(30(28)23-26)25-52-37(38)47)42-36(46)10-4-8-34(44)40-16-22-51-20-6-18-49-2/h11-14,23-24,32H,3-10,15-22,25H2,1-2H3,(H2,38,47)(H,39,43)(H,40,44)(H,41,45)(H,42,46)/i/hD. The van der Waals surface area contributed by atoms with Crippen LogP contribution in [0.15, 0.2) is 36.4 Å². The largest absolute Gasteiger partial charge is 0.449 e. The Bertz CT molecular complexity index is 1390. The van der Waals surface area contributed by atoms with E-state index in [9.17, 15) is 24.0 Å². The fraction of sp³-hybridized carbons (Fsp3) is 0.541. The Labute approximate surface area is 306 Å². The molecule has 3 rings (SSSR count). The second-order valence-corrected chi connectivity index (χ2v) is 12.2. The molecule has 0 fully saturated rings. The van der Waals surface area contributed by atoms with E-state index in [2.05, 4.69) is 21.3 Å². The highest BCUT2D eigenvalue weighted by atomic mass is 16.5. The molecule has 0 saturated carbocycles. The summed E-state index contributed by atoms with van der Waals surface area (Å²) in [7, 11) is 3.26. The monoisotopic (exact) mass is 728 g/mol. The van der Waals surface area contributed by atoms with Gasteiger partial charge < -0.3 is 50.7 Å². The van der Waals surface area contributed by atoms with Crippen LogP contribution in [0.2, 0.25) is 1.41 Å². The summed E-state index contributed by atoms with van der Waals surface area (Å²) in [6.07, 6.45) is 2.10. The van der Waals surface area contributed by atoms with E-state index < -0.39 is 12.0 Å². The zero-order chi connectivity index (χ0) is 38.3. The summed E-state index contributed by atoms with van der Waals surface area (Å²) in [5.74, 6) is -1.25. The Morgan fingerprint density at radius 2 is 1.10 bits per heavy atom. The van der Waals surface area contributed by atoms with E-state index in [1.54, 1.807) is 32.1 Å². The van der Waals surface area contributed by atoms with Crippen LogP contribution in [-0.4, -0.2) is 103 Å². The Morgan fingerprint density at radius 3 is 1.54 bits per heavy atom. The van der Waals surface area contributed by atoms with E-state index in [-0.39, 0.29) is 55.9 Å². The van der Waals surface area contributed by atoms with Gasteiger partial charge in [-0.2, -0.15) is 0 Å². The van der Waals surface area contributed by atoms with Crippen molar-refractivity contribution in [3.8, 4) is 11.1 Å². The molecule has 0 saturated heterocycles. The predicted molar refractivity (Wildman–Crippen MR) is 195 cm³/mol. The van der Waals surface area contributed by atoms with Crippen molar-refractivity contribution < 1.29 is 49.1 Å².